The van der Waals surface area contributed by atoms with Crippen LogP contribution in [0.1, 0.15) is 29.7 Å². The molecule has 2 fully saturated rings. The lowest BCUT2D eigenvalue weighted by Crippen LogP contribution is -2.27. The van der Waals surface area contributed by atoms with Crippen molar-refractivity contribution >= 4 is 51.7 Å². The Bertz CT molecular complexity index is 1310. The second kappa shape index (κ2) is 9.12. The van der Waals surface area contributed by atoms with Gasteiger partial charge in [0.25, 0.3) is 11.5 Å². The number of fused-ring (bicyclic) bond motifs is 1. The third kappa shape index (κ3) is 4.46. The van der Waals surface area contributed by atoms with Gasteiger partial charge in [0, 0.05) is 19.3 Å². The van der Waals surface area contributed by atoms with E-state index in [4.69, 9.17) is 21.4 Å². The van der Waals surface area contributed by atoms with Gasteiger partial charge in [0.05, 0.1) is 29.4 Å². The van der Waals surface area contributed by atoms with E-state index in [9.17, 15) is 9.59 Å². The van der Waals surface area contributed by atoms with Crippen LogP contribution in [-0.2, 0) is 16.1 Å². The van der Waals surface area contributed by atoms with Crippen molar-refractivity contribution in [3.05, 3.63) is 68.9 Å². The molecule has 1 N–H and O–H groups in total. The lowest BCUT2D eigenvalue weighted by Gasteiger charge is -2.14. The molecule has 8 nitrogen and oxygen atoms in total. The van der Waals surface area contributed by atoms with E-state index in [0.29, 0.717) is 38.6 Å². The molecule has 10 heteroatoms. The van der Waals surface area contributed by atoms with Crippen LogP contribution in [-0.4, -0.2) is 43.8 Å². The largest absolute Gasteiger partial charge is 0.467 e. The minimum atomic E-state index is -0.264. The molecule has 5 heterocycles. The summed E-state index contributed by atoms with van der Waals surface area (Å²) in [4.78, 5) is 33.0. The van der Waals surface area contributed by atoms with Crippen LogP contribution >= 0.6 is 24.0 Å². The fourth-order valence-corrected chi connectivity index (χ4v) is 5.10. The Balaban J connectivity index is 1.52. The summed E-state index contributed by atoms with van der Waals surface area (Å²) in [5, 5.41) is 3.27. The Hall–Kier alpha value is -2.95. The van der Waals surface area contributed by atoms with Gasteiger partial charge in [-0.1, -0.05) is 30.0 Å². The van der Waals surface area contributed by atoms with Crippen molar-refractivity contribution in [1.82, 2.24) is 14.3 Å². The van der Waals surface area contributed by atoms with Crippen LogP contribution in [0.3, 0.4) is 0 Å². The minimum absolute atomic E-state index is 0.0719. The molecule has 0 spiro atoms. The molecular weight excluding hydrogens is 460 g/mol. The minimum Gasteiger partial charge on any atom is -0.467 e. The number of pyridine rings is 1. The highest BCUT2D eigenvalue weighted by Gasteiger charge is 2.33. The Morgan fingerprint density at radius 3 is 2.97 bits per heavy atom. The van der Waals surface area contributed by atoms with Crippen LogP contribution in [0.2, 0.25) is 0 Å². The van der Waals surface area contributed by atoms with Crippen molar-refractivity contribution in [3.8, 4) is 0 Å². The van der Waals surface area contributed by atoms with E-state index in [1.807, 2.05) is 13.0 Å². The first-order valence-electron chi connectivity index (χ1n) is 10.7. The number of aromatic nitrogens is 2. The summed E-state index contributed by atoms with van der Waals surface area (Å²) in [7, 11) is 0. The highest BCUT2D eigenvalue weighted by Crippen LogP contribution is 2.34. The van der Waals surface area contributed by atoms with Crippen molar-refractivity contribution in [1.29, 1.82) is 0 Å². The smallest absolute Gasteiger partial charge is 0.267 e. The number of rotatable bonds is 6. The van der Waals surface area contributed by atoms with Gasteiger partial charge in [-0.15, -0.1) is 0 Å². The molecule has 5 rings (SSSR count). The van der Waals surface area contributed by atoms with E-state index in [-0.39, 0.29) is 24.1 Å². The summed E-state index contributed by atoms with van der Waals surface area (Å²) in [6, 6.07) is 7.27. The monoisotopic (exact) mass is 482 g/mol. The van der Waals surface area contributed by atoms with Crippen LogP contribution in [0.15, 0.2) is 50.8 Å². The SMILES string of the molecule is Cc1ccc2nc(NCC3CCCO3)c(C=C3SC(=S)N(Cc4ccco4)C3=O)c(=O)n2c1. The van der Waals surface area contributed by atoms with E-state index < -0.39 is 0 Å². The van der Waals surface area contributed by atoms with Crippen LogP contribution in [0.5, 0.6) is 0 Å². The highest BCUT2D eigenvalue weighted by atomic mass is 32.2. The van der Waals surface area contributed by atoms with Crippen molar-refractivity contribution < 1.29 is 13.9 Å². The van der Waals surface area contributed by atoms with Gasteiger partial charge >= 0.3 is 0 Å². The normalized spacial score (nSPS) is 19.8. The van der Waals surface area contributed by atoms with Crippen LogP contribution in [0.4, 0.5) is 5.82 Å². The van der Waals surface area contributed by atoms with Crippen molar-refractivity contribution in [2.75, 3.05) is 18.5 Å². The summed E-state index contributed by atoms with van der Waals surface area (Å²) in [5.74, 6) is 0.797. The molecule has 0 aromatic carbocycles. The molecule has 33 heavy (non-hydrogen) atoms. The van der Waals surface area contributed by atoms with E-state index in [1.165, 1.54) is 21.1 Å². The topological polar surface area (TPSA) is 89.1 Å². The number of thiocarbonyl (C=S) groups is 1. The summed E-state index contributed by atoms with van der Waals surface area (Å²) in [6.07, 6.45) is 6.93. The van der Waals surface area contributed by atoms with Crippen LogP contribution in [0, 0.1) is 6.92 Å². The first kappa shape index (κ1) is 21.9. The molecule has 170 valence electrons. The lowest BCUT2D eigenvalue weighted by molar-refractivity contribution is -0.122. The Kier molecular flexibility index (Phi) is 6.05. The number of aryl methyl sites for hydroxylation is 1. The molecule has 0 saturated carbocycles. The molecule has 3 aromatic rings. The fraction of sp³-hybridized carbons (Fsp3) is 0.304. The maximum absolute atomic E-state index is 13.4. The third-order valence-electron chi connectivity index (χ3n) is 5.57. The number of furan rings is 1. The standard InChI is InChI=1S/C23H22N4O4S2/c1-14-6-7-19-25-20(24-11-15-4-2-8-30-15)17(21(28)26(19)12-14)10-18-22(29)27(23(32)33-18)13-16-5-3-9-31-16/h3,5-7,9-10,12,15,24H,2,4,8,11,13H2,1H3. The van der Waals surface area contributed by atoms with E-state index in [1.54, 1.807) is 36.7 Å². The molecule has 2 aliphatic heterocycles. The first-order chi connectivity index (χ1) is 16.0. The molecule has 1 unspecified atom stereocenters. The van der Waals surface area contributed by atoms with Gasteiger partial charge in [0.2, 0.25) is 0 Å². The predicted molar refractivity (Wildman–Crippen MR) is 131 cm³/mol. The molecule has 0 radical (unpaired) electrons. The first-order valence-corrected chi connectivity index (χ1v) is 11.9. The second-order valence-corrected chi connectivity index (χ2v) is 9.65. The number of nitrogens with one attached hydrogen (secondary N) is 1. The number of nitrogens with zero attached hydrogens (tertiary/aromatic N) is 3. The van der Waals surface area contributed by atoms with Crippen LogP contribution < -0.4 is 10.9 Å². The van der Waals surface area contributed by atoms with Gasteiger partial charge < -0.3 is 14.5 Å². The quantitative estimate of drug-likeness (QED) is 0.421. The van der Waals surface area contributed by atoms with Gasteiger partial charge in [-0.25, -0.2) is 4.98 Å². The molecule has 1 amide bonds. The number of anilines is 1. The zero-order valence-corrected chi connectivity index (χ0v) is 19.6. The van der Waals surface area contributed by atoms with Crippen molar-refractivity contribution in [3.63, 3.8) is 0 Å². The maximum atomic E-state index is 13.4. The van der Waals surface area contributed by atoms with E-state index in [2.05, 4.69) is 10.3 Å². The van der Waals surface area contributed by atoms with Gasteiger partial charge in [-0.3, -0.25) is 18.9 Å². The molecule has 0 aliphatic carbocycles. The number of carbonyl (C=O) groups is 1. The predicted octanol–water partition coefficient (Wildman–Crippen LogP) is 3.59. The van der Waals surface area contributed by atoms with Crippen molar-refractivity contribution in [2.24, 2.45) is 0 Å². The molecule has 1 atom stereocenters. The van der Waals surface area contributed by atoms with E-state index >= 15 is 0 Å². The van der Waals surface area contributed by atoms with Gasteiger partial charge in [-0.2, -0.15) is 0 Å². The number of ether oxygens (including phenoxy) is 1. The number of amides is 1. The Labute approximate surface area is 199 Å². The summed E-state index contributed by atoms with van der Waals surface area (Å²) in [6.45, 7) is 3.43. The average molecular weight is 483 g/mol. The third-order valence-corrected chi connectivity index (χ3v) is 6.95. The highest BCUT2D eigenvalue weighted by molar-refractivity contribution is 8.26. The molecule has 2 saturated heterocycles. The number of thioether (sulfide) groups is 1. The zero-order valence-electron chi connectivity index (χ0n) is 17.9. The zero-order chi connectivity index (χ0) is 22.9. The Morgan fingerprint density at radius 1 is 1.33 bits per heavy atom. The van der Waals surface area contributed by atoms with Gasteiger partial charge in [-0.05, 0) is 49.6 Å². The number of carbonyl (C=O) groups excluding carboxylic acids is 1. The molecule has 0 bridgehead atoms. The maximum Gasteiger partial charge on any atom is 0.267 e. The van der Waals surface area contributed by atoms with Gasteiger partial charge in [0.15, 0.2) is 0 Å². The Morgan fingerprint density at radius 2 is 2.21 bits per heavy atom. The fourth-order valence-electron chi connectivity index (χ4n) is 3.87. The van der Waals surface area contributed by atoms with Crippen LogP contribution in [0.25, 0.3) is 11.7 Å². The van der Waals surface area contributed by atoms with Crippen molar-refractivity contribution in [2.45, 2.75) is 32.4 Å². The van der Waals surface area contributed by atoms with E-state index in [0.717, 1.165) is 25.0 Å². The van der Waals surface area contributed by atoms with Gasteiger partial charge in [0.1, 0.15) is 21.5 Å². The number of hydrogen-bond donors (Lipinski definition) is 1. The summed E-state index contributed by atoms with van der Waals surface area (Å²) in [5.41, 5.74) is 1.52. The molecule has 3 aromatic heterocycles. The molecule has 2 aliphatic rings. The molecular formula is C23H22N4O4S2. The summed E-state index contributed by atoms with van der Waals surface area (Å²) < 4.78 is 13.0. The average Bonchev–Trinajstić information content (AvgIpc) is 3.55. The summed E-state index contributed by atoms with van der Waals surface area (Å²) >= 11 is 6.59. The second-order valence-electron chi connectivity index (χ2n) is 7.98. The lowest BCUT2D eigenvalue weighted by atomic mass is 10.2. The number of hydrogen-bond acceptors (Lipinski definition) is 8.